The molecule has 2 aliphatic rings. The molecular formula is C20H25FN10O8P2S. The highest BCUT2D eigenvalue weighted by molar-refractivity contribution is 8.44. The minimum Gasteiger partial charge on any atom is -0.382 e. The molecule has 6 heterocycles. The fourth-order valence-corrected chi connectivity index (χ4v) is 6.66. The molecule has 8 atom stereocenters. The van der Waals surface area contributed by atoms with E-state index in [-0.39, 0.29) is 31.1 Å². The molecule has 5 N–H and O–H groups in total. The molecule has 2 aliphatic heterocycles. The molecule has 0 aromatic carbocycles. The zero-order valence-corrected chi connectivity index (χ0v) is 24.2. The second kappa shape index (κ2) is 11.7. The Morgan fingerprint density at radius 2 is 1.55 bits per heavy atom. The van der Waals surface area contributed by atoms with E-state index in [1.165, 1.54) is 29.9 Å². The first-order chi connectivity index (χ1) is 20.1. The SMILES string of the molecule is Nc1ncnc2c1ncn2[C@H]1C[C@@H](F)[C@@H](COP(=O)(S)O[C@H]2C[C@H](n3cnc4c(N)ncnc43)O[C@@H]2CO[PH](=O)O)O1. The van der Waals surface area contributed by atoms with Crippen LogP contribution in [0.4, 0.5) is 16.0 Å². The average Bonchev–Trinajstić information content (AvgIpc) is 3.72. The number of alkyl halides is 1. The maximum atomic E-state index is 14.9. The van der Waals surface area contributed by atoms with Crippen molar-refractivity contribution in [3.05, 3.63) is 25.3 Å². The van der Waals surface area contributed by atoms with Crippen molar-refractivity contribution in [2.45, 2.75) is 49.8 Å². The Kier molecular flexibility index (Phi) is 8.16. The predicted molar refractivity (Wildman–Crippen MR) is 146 cm³/mol. The van der Waals surface area contributed by atoms with E-state index in [0.717, 1.165) is 0 Å². The van der Waals surface area contributed by atoms with Gasteiger partial charge in [-0.25, -0.2) is 38.9 Å². The number of hydrogen-bond donors (Lipinski definition) is 4. The minimum atomic E-state index is -4.14. The number of anilines is 2. The van der Waals surface area contributed by atoms with E-state index < -0.39 is 58.6 Å². The Morgan fingerprint density at radius 1 is 0.976 bits per heavy atom. The van der Waals surface area contributed by atoms with Crippen molar-refractivity contribution in [1.29, 1.82) is 0 Å². The predicted octanol–water partition coefficient (Wildman–Crippen LogP) is 1.58. The van der Waals surface area contributed by atoms with Gasteiger partial charge >= 0.3 is 15.1 Å². The van der Waals surface area contributed by atoms with E-state index in [2.05, 4.69) is 42.2 Å². The van der Waals surface area contributed by atoms with Crippen molar-refractivity contribution in [2.75, 3.05) is 24.7 Å². The van der Waals surface area contributed by atoms with Gasteiger partial charge in [-0.2, -0.15) is 0 Å². The van der Waals surface area contributed by atoms with E-state index in [9.17, 15) is 13.5 Å². The molecule has 0 amide bonds. The molecule has 0 saturated carbocycles. The summed E-state index contributed by atoms with van der Waals surface area (Å²) in [5.74, 6) is 0.339. The molecule has 2 unspecified atom stereocenters. The third-order valence-electron chi connectivity index (χ3n) is 6.78. The summed E-state index contributed by atoms with van der Waals surface area (Å²) in [6, 6.07) is 0. The van der Waals surface area contributed by atoms with Crippen LogP contribution in [0.25, 0.3) is 22.3 Å². The zero-order valence-electron chi connectivity index (χ0n) is 21.4. The lowest BCUT2D eigenvalue weighted by atomic mass is 10.2. The first-order valence-electron chi connectivity index (χ1n) is 12.4. The Hall–Kier alpha value is -2.80. The minimum absolute atomic E-state index is 0.0496. The van der Waals surface area contributed by atoms with Crippen molar-refractivity contribution in [1.82, 2.24) is 39.0 Å². The van der Waals surface area contributed by atoms with Gasteiger partial charge < -0.3 is 30.4 Å². The lowest BCUT2D eigenvalue weighted by Crippen LogP contribution is -2.28. The third kappa shape index (κ3) is 5.86. The van der Waals surface area contributed by atoms with Gasteiger partial charge in [-0.15, -0.1) is 0 Å². The number of fused-ring (bicyclic) bond motifs is 2. The van der Waals surface area contributed by atoms with Gasteiger partial charge in [-0.1, -0.05) is 12.2 Å². The van der Waals surface area contributed by atoms with Crippen LogP contribution < -0.4 is 11.5 Å². The van der Waals surface area contributed by atoms with Gasteiger partial charge in [0.25, 0.3) is 0 Å². The molecular weight excluding hydrogens is 621 g/mol. The summed E-state index contributed by atoms with van der Waals surface area (Å²) in [7, 11) is -3.31. The van der Waals surface area contributed by atoms with Crippen LogP contribution in [0.15, 0.2) is 25.3 Å². The second-order valence-electron chi connectivity index (χ2n) is 9.40. The monoisotopic (exact) mass is 646 g/mol. The number of nitrogens with zero attached hydrogens (tertiary/aromatic N) is 8. The topological polar surface area (TPSA) is 240 Å². The van der Waals surface area contributed by atoms with Crippen molar-refractivity contribution >= 4 is 61.3 Å². The molecule has 6 rings (SSSR count). The van der Waals surface area contributed by atoms with E-state index in [4.69, 9.17) is 39.4 Å². The number of nitrogen functional groups attached to an aromatic ring is 2. The Morgan fingerprint density at radius 3 is 2.14 bits per heavy atom. The van der Waals surface area contributed by atoms with E-state index in [1.807, 2.05) is 0 Å². The summed E-state index contributed by atoms with van der Waals surface area (Å²) in [4.78, 5) is 33.6. The van der Waals surface area contributed by atoms with Gasteiger partial charge in [-0.3, -0.25) is 22.7 Å². The molecule has 22 heteroatoms. The highest BCUT2D eigenvalue weighted by Gasteiger charge is 2.43. The lowest BCUT2D eigenvalue weighted by molar-refractivity contribution is -0.0413. The summed E-state index contributed by atoms with van der Waals surface area (Å²) in [6.07, 6.45) is -0.632. The molecule has 42 heavy (non-hydrogen) atoms. The number of imidazole rings is 2. The molecule has 226 valence electrons. The molecule has 0 bridgehead atoms. The average molecular weight is 646 g/mol. The summed E-state index contributed by atoms with van der Waals surface area (Å²) in [6.45, 7) is -4.95. The standard InChI is InChI=1S/C20H25FN10O8P2S/c21-9-1-13(30-7-28-15-17(22)24-5-26-19(15)30)37-11(9)4-36-41(34,42)39-10-2-14(38-12(10)3-35-40(32)33)31-8-29-16-18(23)25-6-27-20(16)31/h5-14,40H,1-4H2,(H,32,33)(H,34,42)(H2,22,24,26)(H2,23,25,27)/t9-,10+,11-,12-,13-,14-,41?/m1/s1. The molecule has 2 saturated heterocycles. The van der Waals surface area contributed by atoms with Crippen LogP contribution in [0.1, 0.15) is 25.3 Å². The fraction of sp³-hybridized carbons (Fsp3) is 0.500. The summed E-state index contributed by atoms with van der Waals surface area (Å²) in [5, 5.41) is 0. The smallest absolute Gasteiger partial charge is 0.382 e. The highest BCUT2D eigenvalue weighted by Crippen LogP contribution is 2.56. The van der Waals surface area contributed by atoms with Crippen molar-refractivity contribution in [3.63, 3.8) is 0 Å². The summed E-state index contributed by atoms with van der Waals surface area (Å²) in [5.41, 5.74) is 13.1. The van der Waals surface area contributed by atoms with Gasteiger partial charge in [-0.05, 0) is 0 Å². The largest absolute Gasteiger partial charge is 0.386 e. The highest BCUT2D eigenvalue weighted by atomic mass is 32.7. The maximum Gasteiger partial charge on any atom is 0.386 e. The van der Waals surface area contributed by atoms with Crippen molar-refractivity contribution < 1.29 is 41.5 Å². The third-order valence-corrected chi connectivity index (χ3v) is 8.83. The first kappa shape index (κ1) is 29.3. The van der Waals surface area contributed by atoms with Crippen LogP contribution in [0, 0.1) is 0 Å². The fourth-order valence-electron chi connectivity index (χ4n) is 4.83. The van der Waals surface area contributed by atoms with Crippen LogP contribution in [0.5, 0.6) is 0 Å². The van der Waals surface area contributed by atoms with Gasteiger partial charge in [0, 0.05) is 12.8 Å². The molecule has 0 spiro atoms. The van der Waals surface area contributed by atoms with E-state index in [1.54, 1.807) is 4.57 Å². The number of thiol groups is 1. The molecule has 0 radical (unpaired) electrons. The number of hydrogen-bond acceptors (Lipinski definition) is 15. The Balaban J connectivity index is 1.12. The maximum absolute atomic E-state index is 14.9. The quantitative estimate of drug-likeness (QED) is 0.141. The number of ether oxygens (including phenoxy) is 2. The number of nitrogens with two attached hydrogens (primary N) is 2. The van der Waals surface area contributed by atoms with Gasteiger partial charge in [0.05, 0.1) is 25.9 Å². The molecule has 18 nitrogen and oxygen atoms in total. The van der Waals surface area contributed by atoms with Crippen LogP contribution in [-0.2, 0) is 32.2 Å². The van der Waals surface area contributed by atoms with E-state index >= 15 is 0 Å². The number of aromatic nitrogens is 8. The zero-order chi connectivity index (χ0) is 29.6. The van der Waals surface area contributed by atoms with Crippen LogP contribution in [0.2, 0.25) is 0 Å². The number of halogens is 1. The van der Waals surface area contributed by atoms with Gasteiger partial charge in [0.2, 0.25) is 0 Å². The molecule has 4 aromatic heterocycles. The van der Waals surface area contributed by atoms with Gasteiger partial charge in [0.15, 0.2) is 22.9 Å². The number of rotatable bonds is 10. The molecule has 0 aliphatic carbocycles. The summed E-state index contributed by atoms with van der Waals surface area (Å²) < 4.78 is 70.2. The van der Waals surface area contributed by atoms with Crippen molar-refractivity contribution in [3.8, 4) is 0 Å². The van der Waals surface area contributed by atoms with Gasteiger partial charge in [0.1, 0.15) is 60.6 Å². The van der Waals surface area contributed by atoms with Crippen LogP contribution >= 0.6 is 27.3 Å². The molecule has 2 fully saturated rings. The summed E-state index contributed by atoms with van der Waals surface area (Å²) >= 11 is 4.06. The Labute approximate surface area is 241 Å². The van der Waals surface area contributed by atoms with E-state index in [0.29, 0.717) is 22.3 Å². The normalized spacial score (nSPS) is 28.5. The van der Waals surface area contributed by atoms with Crippen LogP contribution in [-0.4, -0.2) is 81.6 Å². The van der Waals surface area contributed by atoms with Crippen LogP contribution in [0.3, 0.4) is 0 Å². The van der Waals surface area contributed by atoms with Crippen molar-refractivity contribution in [2.24, 2.45) is 0 Å². The Bertz CT molecular complexity index is 1680. The second-order valence-corrected chi connectivity index (χ2v) is 13.1. The molecule has 4 aromatic rings. The first-order valence-corrected chi connectivity index (χ1v) is 16.4. The lowest BCUT2D eigenvalue weighted by Gasteiger charge is -2.23.